The first-order valence-corrected chi connectivity index (χ1v) is 6.89. The average molecular weight is 287 g/mol. The molecule has 1 aliphatic carbocycles. The smallest absolute Gasteiger partial charge is 0.406 e. The molecule has 1 aromatic carbocycles. The van der Waals surface area contributed by atoms with Gasteiger partial charge in [-0.15, -0.1) is 13.2 Å². The van der Waals surface area contributed by atoms with Gasteiger partial charge in [-0.2, -0.15) is 0 Å². The lowest BCUT2D eigenvalue weighted by Gasteiger charge is -2.31. The molecule has 0 radical (unpaired) electrons. The third kappa shape index (κ3) is 3.88. The highest BCUT2D eigenvalue weighted by atomic mass is 19.4. The van der Waals surface area contributed by atoms with E-state index in [1.54, 1.807) is 12.1 Å². The largest absolute Gasteiger partial charge is 0.573 e. The highest BCUT2D eigenvalue weighted by Gasteiger charge is 2.34. The van der Waals surface area contributed by atoms with E-state index in [0.29, 0.717) is 6.42 Å². The maximum Gasteiger partial charge on any atom is 0.573 e. The van der Waals surface area contributed by atoms with Crippen LogP contribution in [0.25, 0.3) is 0 Å². The van der Waals surface area contributed by atoms with Gasteiger partial charge in [0.15, 0.2) is 0 Å². The molecule has 2 nitrogen and oxygen atoms in total. The van der Waals surface area contributed by atoms with E-state index in [2.05, 4.69) is 11.7 Å². The van der Waals surface area contributed by atoms with Crippen molar-refractivity contribution in [2.75, 3.05) is 0 Å². The van der Waals surface area contributed by atoms with Gasteiger partial charge in [0.25, 0.3) is 0 Å². The summed E-state index contributed by atoms with van der Waals surface area (Å²) in [5.41, 5.74) is 7.37. The Balaban J connectivity index is 1.97. The lowest BCUT2D eigenvalue weighted by molar-refractivity contribution is -0.274. The molecule has 0 spiro atoms. The SMILES string of the molecule is CC1(C(N)Cc2ccc(OC(F)(F)F)cc2)CCCC1. The summed E-state index contributed by atoms with van der Waals surface area (Å²) in [6.07, 6.45) is 0.718. The molecular formula is C15H20F3NO. The highest BCUT2D eigenvalue weighted by Crippen LogP contribution is 2.40. The first kappa shape index (κ1) is 15.2. The maximum absolute atomic E-state index is 12.1. The normalized spacial score (nSPS) is 19.9. The number of benzene rings is 1. The van der Waals surface area contributed by atoms with E-state index in [-0.39, 0.29) is 17.2 Å². The van der Waals surface area contributed by atoms with Crippen molar-refractivity contribution in [3.63, 3.8) is 0 Å². The fraction of sp³-hybridized carbons (Fsp3) is 0.600. The number of hydrogen-bond donors (Lipinski definition) is 1. The minimum atomic E-state index is -4.64. The molecular weight excluding hydrogens is 267 g/mol. The van der Waals surface area contributed by atoms with Gasteiger partial charge in [-0.1, -0.05) is 31.9 Å². The zero-order chi connectivity index (χ0) is 14.8. The molecule has 5 heteroatoms. The number of halogens is 3. The molecule has 0 heterocycles. The van der Waals surface area contributed by atoms with Crippen LogP contribution in [0.4, 0.5) is 13.2 Å². The maximum atomic E-state index is 12.1. The van der Waals surface area contributed by atoms with Crippen molar-refractivity contribution in [3.8, 4) is 5.75 Å². The molecule has 1 saturated carbocycles. The summed E-state index contributed by atoms with van der Waals surface area (Å²) in [5.74, 6) is -0.193. The second-order valence-electron chi connectivity index (χ2n) is 5.86. The van der Waals surface area contributed by atoms with Gasteiger partial charge in [0.05, 0.1) is 0 Å². The molecule has 112 valence electrons. The third-order valence-corrected chi connectivity index (χ3v) is 4.25. The fourth-order valence-corrected chi connectivity index (χ4v) is 2.88. The molecule has 0 bridgehead atoms. The molecule has 0 aliphatic heterocycles. The van der Waals surface area contributed by atoms with Crippen molar-refractivity contribution in [1.29, 1.82) is 0 Å². The van der Waals surface area contributed by atoms with E-state index in [0.717, 1.165) is 18.4 Å². The van der Waals surface area contributed by atoms with Crippen molar-refractivity contribution < 1.29 is 17.9 Å². The van der Waals surface area contributed by atoms with Gasteiger partial charge < -0.3 is 10.5 Å². The van der Waals surface area contributed by atoms with Crippen LogP contribution < -0.4 is 10.5 Å². The van der Waals surface area contributed by atoms with Crippen LogP contribution in [-0.2, 0) is 6.42 Å². The van der Waals surface area contributed by atoms with E-state index in [9.17, 15) is 13.2 Å². The van der Waals surface area contributed by atoms with Gasteiger partial charge in [0.2, 0.25) is 0 Å². The van der Waals surface area contributed by atoms with Gasteiger partial charge in [-0.3, -0.25) is 0 Å². The Morgan fingerprint density at radius 3 is 2.25 bits per heavy atom. The van der Waals surface area contributed by atoms with Gasteiger partial charge in [-0.25, -0.2) is 0 Å². The van der Waals surface area contributed by atoms with Gasteiger partial charge >= 0.3 is 6.36 Å². The van der Waals surface area contributed by atoms with Gasteiger partial charge in [0.1, 0.15) is 5.75 Å². The fourth-order valence-electron chi connectivity index (χ4n) is 2.88. The summed E-state index contributed by atoms with van der Waals surface area (Å²) in [5, 5.41) is 0. The number of hydrogen-bond acceptors (Lipinski definition) is 2. The van der Waals surface area contributed by atoms with Gasteiger partial charge in [0, 0.05) is 6.04 Å². The Hall–Kier alpha value is -1.23. The van der Waals surface area contributed by atoms with E-state index >= 15 is 0 Å². The van der Waals surface area contributed by atoms with E-state index in [1.165, 1.54) is 25.0 Å². The standard InChI is InChI=1S/C15H20F3NO/c1-14(8-2-3-9-14)13(19)10-11-4-6-12(7-5-11)20-15(16,17)18/h4-7,13H,2-3,8-10,19H2,1H3. The van der Waals surface area contributed by atoms with Crippen LogP contribution in [0, 0.1) is 5.41 Å². The first-order chi connectivity index (χ1) is 9.28. The predicted octanol–water partition coefficient (Wildman–Crippen LogP) is 4.04. The highest BCUT2D eigenvalue weighted by molar-refractivity contribution is 5.28. The molecule has 1 atom stereocenters. The number of ether oxygens (including phenoxy) is 1. The number of rotatable bonds is 4. The van der Waals surface area contributed by atoms with Crippen molar-refractivity contribution in [2.24, 2.45) is 11.1 Å². The summed E-state index contributed by atoms with van der Waals surface area (Å²) in [6.45, 7) is 2.20. The second-order valence-corrected chi connectivity index (χ2v) is 5.86. The molecule has 2 rings (SSSR count). The lowest BCUT2D eigenvalue weighted by atomic mass is 9.78. The predicted molar refractivity (Wildman–Crippen MR) is 71.4 cm³/mol. The van der Waals surface area contributed by atoms with E-state index in [1.807, 2.05) is 0 Å². The topological polar surface area (TPSA) is 35.2 Å². The van der Waals surface area contributed by atoms with Crippen LogP contribution in [0.2, 0.25) is 0 Å². The molecule has 2 N–H and O–H groups in total. The molecule has 1 unspecified atom stereocenters. The van der Waals surface area contributed by atoms with Crippen LogP contribution in [0.15, 0.2) is 24.3 Å². The molecule has 1 fully saturated rings. The summed E-state index contributed by atoms with van der Waals surface area (Å²) < 4.78 is 40.0. The van der Waals surface area contributed by atoms with Gasteiger partial charge in [-0.05, 0) is 42.4 Å². The summed E-state index contributed by atoms with van der Waals surface area (Å²) in [4.78, 5) is 0. The summed E-state index contributed by atoms with van der Waals surface area (Å²) in [7, 11) is 0. The Morgan fingerprint density at radius 1 is 1.20 bits per heavy atom. The summed E-state index contributed by atoms with van der Waals surface area (Å²) >= 11 is 0. The van der Waals surface area contributed by atoms with Crippen LogP contribution in [0.5, 0.6) is 5.75 Å². The molecule has 0 amide bonds. The molecule has 1 aliphatic rings. The van der Waals surface area contributed by atoms with Crippen LogP contribution in [-0.4, -0.2) is 12.4 Å². The number of alkyl halides is 3. The average Bonchev–Trinajstić information content (AvgIpc) is 2.78. The van der Waals surface area contributed by atoms with Crippen molar-refractivity contribution in [3.05, 3.63) is 29.8 Å². The van der Waals surface area contributed by atoms with Crippen LogP contribution in [0.1, 0.15) is 38.2 Å². The molecule has 20 heavy (non-hydrogen) atoms. The van der Waals surface area contributed by atoms with Crippen molar-refractivity contribution in [2.45, 2.75) is 51.4 Å². The summed E-state index contributed by atoms with van der Waals surface area (Å²) in [6, 6.07) is 6.02. The van der Waals surface area contributed by atoms with Crippen molar-refractivity contribution in [1.82, 2.24) is 0 Å². The second kappa shape index (κ2) is 5.64. The zero-order valence-electron chi connectivity index (χ0n) is 11.5. The first-order valence-electron chi connectivity index (χ1n) is 6.89. The zero-order valence-corrected chi connectivity index (χ0v) is 11.5. The minimum Gasteiger partial charge on any atom is -0.406 e. The third-order valence-electron chi connectivity index (χ3n) is 4.25. The van der Waals surface area contributed by atoms with E-state index in [4.69, 9.17) is 5.73 Å². The number of nitrogens with two attached hydrogens (primary N) is 1. The van der Waals surface area contributed by atoms with Crippen molar-refractivity contribution >= 4 is 0 Å². The molecule has 0 aromatic heterocycles. The molecule has 1 aromatic rings. The quantitative estimate of drug-likeness (QED) is 0.907. The van der Waals surface area contributed by atoms with Crippen LogP contribution >= 0.6 is 0 Å². The molecule has 0 saturated heterocycles. The Morgan fingerprint density at radius 2 is 1.75 bits per heavy atom. The Kier molecular flexibility index (Phi) is 4.28. The van der Waals surface area contributed by atoms with E-state index < -0.39 is 6.36 Å². The van der Waals surface area contributed by atoms with Crippen LogP contribution in [0.3, 0.4) is 0 Å². The Bertz CT molecular complexity index is 435. The monoisotopic (exact) mass is 287 g/mol. The minimum absolute atomic E-state index is 0.0411. The lowest BCUT2D eigenvalue weighted by Crippen LogP contribution is -2.39. The Labute approximate surface area is 117 Å².